The molecule has 0 aliphatic carbocycles. The predicted octanol–water partition coefficient (Wildman–Crippen LogP) is 4.47. The molecule has 0 amide bonds. The summed E-state index contributed by atoms with van der Waals surface area (Å²) in [7, 11) is -0.494. The minimum atomic E-state index is -4.86. The van der Waals surface area contributed by atoms with E-state index in [1.165, 1.54) is 0 Å². The molecule has 2 aromatic carbocycles. The molecule has 1 atom stereocenters. The van der Waals surface area contributed by atoms with E-state index in [1.807, 2.05) is 0 Å². The Labute approximate surface area is 171 Å². The smallest absolute Gasteiger partial charge is 0.406 e. The quantitative estimate of drug-likeness (QED) is 0.667. The van der Waals surface area contributed by atoms with E-state index in [1.54, 1.807) is 37.2 Å². The number of hydrogen-bond acceptors (Lipinski definition) is 4. The van der Waals surface area contributed by atoms with E-state index >= 15 is 0 Å². The fourth-order valence-corrected chi connectivity index (χ4v) is 3.90. The fraction of sp³-hybridized carbons (Fsp3) is 0.294. The van der Waals surface area contributed by atoms with Crippen LogP contribution in [0.5, 0.6) is 5.75 Å². The molecule has 2 aromatic rings. The molecule has 0 aliphatic rings. The molecule has 28 heavy (non-hydrogen) atoms. The highest BCUT2D eigenvalue weighted by atomic mass is 35.5. The maximum absolute atomic E-state index is 12.7. The van der Waals surface area contributed by atoms with Crippen molar-refractivity contribution in [2.75, 3.05) is 20.6 Å². The molecule has 0 unspecified atom stereocenters. The number of hydrogen-bond donors (Lipinski definition) is 1. The first-order chi connectivity index (χ1) is 12.9. The van der Waals surface area contributed by atoms with Crippen molar-refractivity contribution in [3.05, 3.63) is 58.1 Å². The standard InChI is InChI=1S/C17H17Cl2F3N2O3S/c1-24(2)10-16(11-3-8-14(18)15(19)9-11)23-28(25,26)13-6-4-12(5-7-13)27-17(20,21)22/h3-9,16,23H,10H2,1-2H3/t16-/m0/s1. The summed E-state index contributed by atoms with van der Waals surface area (Å²) in [5.74, 6) is -0.513. The molecule has 0 aliphatic heterocycles. The van der Waals surface area contributed by atoms with E-state index in [-0.39, 0.29) is 9.92 Å². The first kappa shape index (κ1) is 22.8. The highest BCUT2D eigenvalue weighted by Gasteiger charge is 2.31. The number of nitrogens with zero attached hydrogens (tertiary/aromatic N) is 1. The molecule has 154 valence electrons. The lowest BCUT2D eigenvalue weighted by molar-refractivity contribution is -0.274. The van der Waals surface area contributed by atoms with Crippen LogP contribution in [0.1, 0.15) is 11.6 Å². The van der Waals surface area contributed by atoms with Crippen molar-refractivity contribution in [3.8, 4) is 5.75 Å². The second kappa shape index (κ2) is 8.87. The number of alkyl halides is 3. The predicted molar refractivity (Wildman–Crippen MR) is 101 cm³/mol. The summed E-state index contributed by atoms with van der Waals surface area (Å²) >= 11 is 11.9. The molecule has 0 saturated carbocycles. The number of nitrogens with one attached hydrogen (secondary N) is 1. The summed E-state index contributed by atoms with van der Waals surface area (Å²) in [6.07, 6.45) is -4.86. The highest BCUT2D eigenvalue weighted by molar-refractivity contribution is 7.89. The lowest BCUT2D eigenvalue weighted by Crippen LogP contribution is -2.35. The van der Waals surface area contributed by atoms with Crippen molar-refractivity contribution in [2.45, 2.75) is 17.3 Å². The normalized spacial score (nSPS) is 13.6. The fourth-order valence-electron chi connectivity index (χ4n) is 2.38. The Morgan fingerprint density at radius 1 is 1.07 bits per heavy atom. The van der Waals surface area contributed by atoms with Crippen LogP contribution >= 0.6 is 23.2 Å². The van der Waals surface area contributed by atoms with Gasteiger partial charge in [0, 0.05) is 6.54 Å². The van der Waals surface area contributed by atoms with E-state index < -0.39 is 28.2 Å². The van der Waals surface area contributed by atoms with Crippen molar-refractivity contribution in [2.24, 2.45) is 0 Å². The van der Waals surface area contributed by atoms with Crippen LogP contribution in [0.25, 0.3) is 0 Å². The van der Waals surface area contributed by atoms with Crippen LogP contribution < -0.4 is 9.46 Å². The van der Waals surface area contributed by atoms with Crippen molar-refractivity contribution in [1.29, 1.82) is 0 Å². The summed E-state index contributed by atoms with van der Waals surface area (Å²) in [4.78, 5) is 1.57. The van der Waals surface area contributed by atoms with Gasteiger partial charge in [-0.2, -0.15) is 0 Å². The van der Waals surface area contributed by atoms with Gasteiger partial charge in [0.25, 0.3) is 0 Å². The Morgan fingerprint density at radius 2 is 1.68 bits per heavy atom. The molecule has 2 rings (SSSR count). The van der Waals surface area contributed by atoms with Gasteiger partial charge in [0.05, 0.1) is 21.0 Å². The van der Waals surface area contributed by atoms with Gasteiger partial charge in [-0.25, -0.2) is 13.1 Å². The van der Waals surface area contributed by atoms with Crippen molar-refractivity contribution in [3.63, 3.8) is 0 Å². The molecule has 0 heterocycles. The average Bonchev–Trinajstić information content (AvgIpc) is 2.55. The molecule has 1 N–H and O–H groups in total. The topological polar surface area (TPSA) is 58.6 Å². The van der Waals surface area contributed by atoms with Gasteiger partial charge in [-0.3, -0.25) is 0 Å². The van der Waals surface area contributed by atoms with Crippen LogP contribution in [0.2, 0.25) is 10.0 Å². The second-order valence-electron chi connectivity index (χ2n) is 6.13. The first-order valence-corrected chi connectivity index (χ1v) is 10.1. The number of sulfonamides is 1. The summed E-state index contributed by atoms with van der Waals surface area (Å²) in [5.41, 5.74) is 0.587. The van der Waals surface area contributed by atoms with Gasteiger partial charge in [-0.1, -0.05) is 29.3 Å². The third-order valence-corrected chi connectivity index (χ3v) is 5.79. The van der Waals surface area contributed by atoms with Gasteiger partial charge >= 0.3 is 6.36 Å². The highest BCUT2D eigenvalue weighted by Crippen LogP contribution is 2.28. The van der Waals surface area contributed by atoms with Gasteiger partial charge in [-0.05, 0) is 56.1 Å². The number of likely N-dealkylation sites (N-methyl/N-ethyl adjacent to an activating group) is 1. The van der Waals surface area contributed by atoms with Crippen molar-refractivity contribution < 1.29 is 26.3 Å². The monoisotopic (exact) mass is 456 g/mol. The zero-order valence-corrected chi connectivity index (χ0v) is 17.1. The van der Waals surface area contributed by atoms with Gasteiger partial charge in [-0.15, -0.1) is 13.2 Å². The minimum absolute atomic E-state index is 0.203. The molecule has 5 nitrogen and oxygen atoms in total. The van der Waals surface area contributed by atoms with Gasteiger partial charge in [0.2, 0.25) is 10.0 Å². The number of ether oxygens (including phenoxy) is 1. The first-order valence-electron chi connectivity index (χ1n) is 7.85. The molecule has 0 saturated heterocycles. The molecule has 11 heteroatoms. The maximum atomic E-state index is 12.7. The second-order valence-corrected chi connectivity index (χ2v) is 8.66. The summed E-state index contributed by atoms with van der Waals surface area (Å²) in [6.45, 7) is 0.312. The van der Waals surface area contributed by atoms with Crippen LogP contribution in [-0.2, 0) is 10.0 Å². The Kier molecular flexibility index (Phi) is 7.22. The lowest BCUT2D eigenvalue weighted by atomic mass is 10.1. The van der Waals surface area contributed by atoms with E-state index in [9.17, 15) is 21.6 Å². The molecule has 0 bridgehead atoms. The largest absolute Gasteiger partial charge is 0.573 e. The van der Waals surface area contributed by atoms with E-state index in [4.69, 9.17) is 23.2 Å². The van der Waals surface area contributed by atoms with Crippen LogP contribution in [0, 0.1) is 0 Å². The maximum Gasteiger partial charge on any atom is 0.573 e. The number of halogens is 5. The molecule has 0 aromatic heterocycles. The van der Waals surface area contributed by atoms with E-state index in [0.717, 1.165) is 24.3 Å². The van der Waals surface area contributed by atoms with Crippen LogP contribution in [-0.4, -0.2) is 40.3 Å². The average molecular weight is 457 g/mol. The molecule has 0 fully saturated rings. The van der Waals surface area contributed by atoms with Crippen LogP contribution in [0.3, 0.4) is 0 Å². The zero-order chi connectivity index (χ0) is 21.1. The summed E-state index contributed by atoms with van der Waals surface area (Å²) in [5, 5.41) is 0.605. The van der Waals surface area contributed by atoms with E-state index in [0.29, 0.717) is 17.1 Å². The Morgan fingerprint density at radius 3 is 2.18 bits per heavy atom. The molecular formula is C17H17Cl2F3N2O3S. The summed E-state index contributed by atoms with van der Waals surface area (Å²) < 4.78 is 68.4. The third kappa shape index (κ3) is 6.52. The van der Waals surface area contributed by atoms with Crippen LogP contribution in [0.15, 0.2) is 47.4 Å². The molecular weight excluding hydrogens is 440 g/mol. The third-order valence-electron chi connectivity index (χ3n) is 3.56. The van der Waals surface area contributed by atoms with Crippen molar-refractivity contribution in [1.82, 2.24) is 9.62 Å². The SMILES string of the molecule is CN(C)C[C@H](NS(=O)(=O)c1ccc(OC(F)(F)F)cc1)c1ccc(Cl)c(Cl)c1. The van der Waals surface area contributed by atoms with Gasteiger partial charge in [0.15, 0.2) is 0 Å². The summed E-state index contributed by atoms with van der Waals surface area (Å²) in [6, 6.07) is 8.02. The number of rotatable bonds is 7. The minimum Gasteiger partial charge on any atom is -0.406 e. The van der Waals surface area contributed by atoms with Crippen molar-refractivity contribution >= 4 is 33.2 Å². The zero-order valence-electron chi connectivity index (χ0n) is 14.8. The van der Waals surface area contributed by atoms with Gasteiger partial charge in [0.1, 0.15) is 5.75 Å². The lowest BCUT2D eigenvalue weighted by Gasteiger charge is -2.23. The van der Waals surface area contributed by atoms with Gasteiger partial charge < -0.3 is 9.64 Å². The molecule has 0 spiro atoms. The van der Waals surface area contributed by atoms with Crippen LogP contribution in [0.4, 0.5) is 13.2 Å². The Hall–Kier alpha value is -1.52. The number of benzene rings is 2. The molecule has 0 radical (unpaired) electrons. The van der Waals surface area contributed by atoms with E-state index in [2.05, 4.69) is 9.46 Å². The Bertz CT molecular complexity index is 920. The Balaban J connectivity index is 2.28.